The molecule has 0 atom stereocenters. The van der Waals surface area contributed by atoms with E-state index in [1.807, 2.05) is 30.6 Å². The molecule has 1 fully saturated rings. The molecule has 0 bridgehead atoms. The highest BCUT2D eigenvalue weighted by Crippen LogP contribution is 2.34. The first kappa shape index (κ1) is 16.9. The molecule has 0 unspecified atom stereocenters. The molecule has 24 heavy (non-hydrogen) atoms. The van der Waals surface area contributed by atoms with Crippen LogP contribution in [0.3, 0.4) is 0 Å². The first-order valence-corrected chi connectivity index (χ1v) is 8.30. The molecule has 0 amide bonds. The number of anilines is 2. The van der Waals surface area contributed by atoms with Crippen LogP contribution in [0.1, 0.15) is 22.0 Å². The second-order valence-corrected chi connectivity index (χ2v) is 6.64. The minimum absolute atomic E-state index is 0.305. The average Bonchev–Trinajstić information content (AvgIpc) is 3.02. The SMILES string of the molecule is Cc1nc(N2CCN(c3nnc(C(F)(F)F)s3)CC2)nc(C)c1C. The fourth-order valence-electron chi connectivity index (χ4n) is 2.45. The summed E-state index contributed by atoms with van der Waals surface area (Å²) in [6, 6.07) is 0. The van der Waals surface area contributed by atoms with Gasteiger partial charge in [0.25, 0.3) is 0 Å². The van der Waals surface area contributed by atoms with Crippen LogP contribution < -0.4 is 9.80 Å². The molecule has 0 aromatic carbocycles. The Morgan fingerprint density at radius 3 is 1.92 bits per heavy atom. The topological polar surface area (TPSA) is 58.0 Å². The van der Waals surface area contributed by atoms with Crippen molar-refractivity contribution >= 4 is 22.4 Å². The van der Waals surface area contributed by atoms with Crippen molar-refractivity contribution in [2.75, 3.05) is 36.0 Å². The Balaban J connectivity index is 1.69. The third kappa shape index (κ3) is 3.28. The van der Waals surface area contributed by atoms with Gasteiger partial charge in [-0.1, -0.05) is 11.3 Å². The highest BCUT2D eigenvalue weighted by atomic mass is 32.1. The summed E-state index contributed by atoms with van der Waals surface area (Å²) >= 11 is 0.579. The summed E-state index contributed by atoms with van der Waals surface area (Å²) in [5.74, 6) is 0.670. The minimum atomic E-state index is -4.44. The van der Waals surface area contributed by atoms with Crippen LogP contribution in [0, 0.1) is 20.8 Å². The summed E-state index contributed by atoms with van der Waals surface area (Å²) in [5.41, 5.74) is 2.96. The van der Waals surface area contributed by atoms with E-state index >= 15 is 0 Å². The molecule has 0 N–H and O–H groups in total. The van der Waals surface area contributed by atoms with Crippen molar-refractivity contribution in [3.63, 3.8) is 0 Å². The normalized spacial score (nSPS) is 15.9. The highest BCUT2D eigenvalue weighted by Gasteiger charge is 2.36. The minimum Gasteiger partial charge on any atom is -0.343 e. The molecule has 3 heterocycles. The first-order valence-electron chi connectivity index (χ1n) is 7.48. The lowest BCUT2D eigenvalue weighted by Gasteiger charge is -2.34. The maximum atomic E-state index is 12.6. The van der Waals surface area contributed by atoms with Gasteiger partial charge in [0.2, 0.25) is 16.1 Å². The van der Waals surface area contributed by atoms with Gasteiger partial charge in [-0.25, -0.2) is 9.97 Å². The zero-order chi connectivity index (χ0) is 17.5. The Hall–Kier alpha value is -1.97. The van der Waals surface area contributed by atoms with Gasteiger partial charge in [0, 0.05) is 37.6 Å². The lowest BCUT2D eigenvalue weighted by Crippen LogP contribution is -2.47. The van der Waals surface area contributed by atoms with Crippen molar-refractivity contribution in [2.24, 2.45) is 0 Å². The summed E-state index contributed by atoms with van der Waals surface area (Å²) in [6.07, 6.45) is -4.44. The predicted molar refractivity (Wildman–Crippen MR) is 85.6 cm³/mol. The maximum absolute atomic E-state index is 12.6. The number of hydrogen-bond donors (Lipinski definition) is 0. The van der Waals surface area contributed by atoms with Gasteiger partial charge in [-0.05, 0) is 26.3 Å². The fraction of sp³-hybridized carbons (Fsp3) is 0.571. The Labute approximate surface area is 141 Å². The third-order valence-electron chi connectivity index (χ3n) is 4.11. The van der Waals surface area contributed by atoms with Crippen molar-refractivity contribution in [3.8, 4) is 0 Å². The van der Waals surface area contributed by atoms with Crippen LogP contribution in [0.25, 0.3) is 0 Å². The van der Waals surface area contributed by atoms with E-state index in [1.165, 1.54) is 0 Å². The van der Waals surface area contributed by atoms with E-state index in [4.69, 9.17) is 0 Å². The number of alkyl halides is 3. The number of hydrogen-bond acceptors (Lipinski definition) is 7. The fourth-order valence-corrected chi connectivity index (χ4v) is 3.22. The summed E-state index contributed by atoms with van der Waals surface area (Å²) < 4.78 is 37.9. The van der Waals surface area contributed by atoms with Crippen molar-refractivity contribution in [3.05, 3.63) is 22.0 Å². The van der Waals surface area contributed by atoms with E-state index in [2.05, 4.69) is 20.2 Å². The summed E-state index contributed by atoms with van der Waals surface area (Å²) in [4.78, 5) is 12.9. The molecular formula is C14H17F3N6S. The monoisotopic (exact) mass is 358 g/mol. The van der Waals surface area contributed by atoms with Gasteiger partial charge in [-0.3, -0.25) is 0 Å². The molecular weight excluding hydrogens is 341 g/mol. The smallest absolute Gasteiger partial charge is 0.343 e. The standard InChI is InChI=1S/C14H17F3N6S/c1-8-9(2)18-12(19-10(8)3)22-4-6-23(7-5-22)13-21-20-11(24-13)14(15,16)17/h4-7H2,1-3H3. The number of rotatable bonds is 2. The van der Waals surface area contributed by atoms with E-state index in [-0.39, 0.29) is 0 Å². The van der Waals surface area contributed by atoms with Crippen LogP contribution in [-0.2, 0) is 6.18 Å². The number of piperazine rings is 1. The Kier molecular flexibility index (Phi) is 4.33. The largest absolute Gasteiger partial charge is 0.445 e. The van der Waals surface area contributed by atoms with Crippen molar-refractivity contribution in [1.82, 2.24) is 20.2 Å². The van der Waals surface area contributed by atoms with Gasteiger partial charge in [0.15, 0.2) is 0 Å². The van der Waals surface area contributed by atoms with Crippen molar-refractivity contribution in [2.45, 2.75) is 26.9 Å². The van der Waals surface area contributed by atoms with Crippen LogP contribution in [-0.4, -0.2) is 46.3 Å². The van der Waals surface area contributed by atoms with Crippen LogP contribution >= 0.6 is 11.3 Å². The van der Waals surface area contributed by atoms with Crippen molar-refractivity contribution in [1.29, 1.82) is 0 Å². The molecule has 6 nitrogen and oxygen atoms in total. The van der Waals surface area contributed by atoms with Gasteiger partial charge >= 0.3 is 6.18 Å². The second-order valence-electron chi connectivity index (χ2n) is 5.68. The quantitative estimate of drug-likeness (QED) is 0.823. The van der Waals surface area contributed by atoms with Gasteiger partial charge in [0.1, 0.15) is 0 Å². The Morgan fingerprint density at radius 1 is 0.875 bits per heavy atom. The van der Waals surface area contributed by atoms with Crippen LogP contribution in [0.15, 0.2) is 0 Å². The first-order chi connectivity index (χ1) is 11.3. The zero-order valence-corrected chi connectivity index (χ0v) is 14.4. The molecule has 10 heteroatoms. The van der Waals surface area contributed by atoms with Crippen LogP contribution in [0.5, 0.6) is 0 Å². The van der Waals surface area contributed by atoms with E-state index in [0.29, 0.717) is 48.6 Å². The molecule has 3 rings (SSSR count). The van der Waals surface area contributed by atoms with E-state index in [0.717, 1.165) is 17.0 Å². The molecule has 0 radical (unpaired) electrons. The molecule has 0 aliphatic carbocycles. The predicted octanol–water partition coefficient (Wildman–Crippen LogP) is 2.60. The number of aromatic nitrogens is 4. The number of halogens is 3. The van der Waals surface area contributed by atoms with Crippen molar-refractivity contribution < 1.29 is 13.2 Å². The molecule has 1 saturated heterocycles. The average molecular weight is 358 g/mol. The van der Waals surface area contributed by atoms with E-state index in [9.17, 15) is 13.2 Å². The summed E-state index contributed by atoms with van der Waals surface area (Å²) in [7, 11) is 0. The summed E-state index contributed by atoms with van der Waals surface area (Å²) in [5, 5.41) is 6.30. The summed E-state index contributed by atoms with van der Waals surface area (Å²) in [6.45, 7) is 8.25. The molecule has 2 aromatic heterocycles. The number of aryl methyl sites for hydroxylation is 2. The molecule has 1 aliphatic heterocycles. The maximum Gasteiger partial charge on any atom is 0.445 e. The Bertz CT molecular complexity index is 713. The van der Waals surface area contributed by atoms with Crippen LogP contribution in [0.2, 0.25) is 0 Å². The molecule has 2 aromatic rings. The van der Waals surface area contributed by atoms with Gasteiger partial charge in [-0.15, -0.1) is 10.2 Å². The highest BCUT2D eigenvalue weighted by molar-refractivity contribution is 7.15. The lowest BCUT2D eigenvalue weighted by atomic mass is 10.2. The van der Waals surface area contributed by atoms with Gasteiger partial charge in [0.05, 0.1) is 0 Å². The molecule has 130 valence electrons. The third-order valence-corrected chi connectivity index (χ3v) is 5.14. The molecule has 0 saturated carbocycles. The van der Waals surface area contributed by atoms with E-state index < -0.39 is 11.2 Å². The Morgan fingerprint density at radius 2 is 1.42 bits per heavy atom. The van der Waals surface area contributed by atoms with E-state index in [1.54, 1.807) is 0 Å². The van der Waals surface area contributed by atoms with Crippen LogP contribution in [0.4, 0.5) is 24.3 Å². The molecule has 0 spiro atoms. The van der Waals surface area contributed by atoms with Gasteiger partial charge < -0.3 is 9.80 Å². The molecule has 1 aliphatic rings. The van der Waals surface area contributed by atoms with Gasteiger partial charge in [-0.2, -0.15) is 13.2 Å². The zero-order valence-electron chi connectivity index (χ0n) is 13.6. The second kappa shape index (κ2) is 6.15. The number of nitrogens with zero attached hydrogens (tertiary/aromatic N) is 6. The lowest BCUT2D eigenvalue weighted by molar-refractivity contribution is -0.138.